The third-order valence-corrected chi connectivity index (χ3v) is 7.41. The van der Waals surface area contributed by atoms with Crippen molar-refractivity contribution in [2.45, 2.75) is 105 Å². The van der Waals surface area contributed by atoms with Crippen LogP contribution < -0.4 is 9.30 Å². The number of hydrogen-bond acceptors (Lipinski definition) is 2. The quantitative estimate of drug-likeness (QED) is 0.122. The molecule has 0 fully saturated rings. The van der Waals surface area contributed by atoms with E-state index >= 15 is 0 Å². The summed E-state index contributed by atoms with van der Waals surface area (Å²) < 4.78 is 8.22. The van der Waals surface area contributed by atoms with Crippen molar-refractivity contribution in [2.75, 3.05) is 6.61 Å². The van der Waals surface area contributed by atoms with Crippen LogP contribution in [0.3, 0.4) is 0 Å². The smallest absolute Gasteiger partial charge is 0.254 e. The Bertz CT molecular complexity index is 1110. The molecule has 0 unspecified atom stereocenters. The molecule has 3 aromatic rings. The largest absolute Gasteiger partial charge is 0.494 e. The number of pyridine rings is 1. The number of carbonyl (C=O) groups excluding carboxylic acids is 1. The average Bonchev–Trinajstić information content (AvgIpc) is 2.97. The second kappa shape index (κ2) is 17.4. The van der Waals surface area contributed by atoms with E-state index in [1.165, 1.54) is 57.8 Å². The SMILES string of the molecule is CCCCCCCCCCCCOc1ccc(CN(Cc2ccc[n+](CC)c2)C(=O)c2ccccc2)c(C)c1. The fourth-order valence-electron chi connectivity index (χ4n) is 4.97. The van der Waals surface area contributed by atoms with Crippen LogP contribution in [0.25, 0.3) is 0 Å². The summed E-state index contributed by atoms with van der Waals surface area (Å²) in [6, 6.07) is 20.0. The van der Waals surface area contributed by atoms with E-state index in [0.717, 1.165) is 42.0 Å². The van der Waals surface area contributed by atoms with E-state index in [4.69, 9.17) is 4.74 Å². The van der Waals surface area contributed by atoms with Crippen molar-refractivity contribution in [1.82, 2.24) is 4.90 Å². The highest BCUT2D eigenvalue weighted by atomic mass is 16.5. The first-order valence-electron chi connectivity index (χ1n) is 15.1. The standard InChI is InChI=1S/C35H49N2O2/c1-4-6-7-8-9-10-11-12-13-17-25-39-34-23-22-33(30(3)26-34)29-37(35(38)32-20-15-14-16-21-32)28-31-19-18-24-36(5-2)27-31/h14-16,18-24,26-27H,4-13,17,25,28-29H2,1-3H3/q+1. The van der Waals surface area contributed by atoms with E-state index in [1.807, 2.05) is 35.2 Å². The maximum absolute atomic E-state index is 13.5. The second-order valence-corrected chi connectivity index (χ2v) is 10.7. The van der Waals surface area contributed by atoms with Gasteiger partial charge in [-0.2, -0.15) is 0 Å². The molecule has 0 aliphatic carbocycles. The van der Waals surface area contributed by atoms with Crippen molar-refractivity contribution in [1.29, 1.82) is 0 Å². The molecule has 0 atom stereocenters. The Labute approximate surface area is 237 Å². The zero-order valence-corrected chi connectivity index (χ0v) is 24.5. The van der Waals surface area contributed by atoms with E-state index in [-0.39, 0.29) is 5.91 Å². The van der Waals surface area contributed by atoms with E-state index < -0.39 is 0 Å². The number of rotatable bonds is 18. The average molecular weight is 530 g/mol. The fourth-order valence-corrected chi connectivity index (χ4v) is 4.97. The van der Waals surface area contributed by atoms with Crippen molar-refractivity contribution in [3.63, 3.8) is 0 Å². The summed E-state index contributed by atoms with van der Waals surface area (Å²) in [7, 11) is 0. The van der Waals surface area contributed by atoms with E-state index in [9.17, 15) is 4.79 Å². The van der Waals surface area contributed by atoms with Gasteiger partial charge in [-0.05, 0) is 61.7 Å². The lowest BCUT2D eigenvalue weighted by molar-refractivity contribution is -0.694. The first-order valence-corrected chi connectivity index (χ1v) is 15.1. The van der Waals surface area contributed by atoms with Gasteiger partial charge in [-0.3, -0.25) is 4.79 Å². The maximum atomic E-state index is 13.5. The van der Waals surface area contributed by atoms with Crippen LogP contribution in [0, 0.1) is 6.92 Å². The Hall–Kier alpha value is -3.14. The molecule has 2 aromatic carbocycles. The lowest BCUT2D eigenvalue weighted by Gasteiger charge is -2.24. The molecule has 0 saturated carbocycles. The van der Waals surface area contributed by atoms with Crippen LogP contribution in [0.1, 0.15) is 105 Å². The molecule has 0 saturated heterocycles. The van der Waals surface area contributed by atoms with Crippen molar-refractivity contribution < 1.29 is 14.1 Å². The number of unbranched alkanes of at least 4 members (excludes halogenated alkanes) is 9. The Morgan fingerprint density at radius 2 is 1.49 bits per heavy atom. The molecule has 0 N–H and O–H groups in total. The molecule has 1 amide bonds. The Morgan fingerprint density at radius 3 is 2.15 bits per heavy atom. The first-order chi connectivity index (χ1) is 19.1. The summed E-state index contributed by atoms with van der Waals surface area (Å²) in [4.78, 5) is 15.5. The lowest BCUT2D eigenvalue weighted by atomic mass is 10.1. The number of aryl methyl sites for hydroxylation is 2. The predicted molar refractivity (Wildman–Crippen MR) is 161 cm³/mol. The number of hydrogen-bond donors (Lipinski definition) is 0. The van der Waals surface area contributed by atoms with Crippen molar-refractivity contribution in [3.8, 4) is 5.75 Å². The highest BCUT2D eigenvalue weighted by Crippen LogP contribution is 2.21. The minimum Gasteiger partial charge on any atom is -0.494 e. The lowest BCUT2D eigenvalue weighted by Crippen LogP contribution is -2.34. The first kappa shape index (κ1) is 30.4. The molecule has 0 aliphatic heterocycles. The van der Waals surface area contributed by atoms with Gasteiger partial charge >= 0.3 is 0 Å². The van der Waals surface area contributed by atoms with Crippen LogP contribution in [-0.4, -0.2) is 17.4 Å². The maximum Gasteiger partial charge on any atom is 0.254 e. The van der Waals surface area contributed by atoms with Gasteiger partial charge in [0.15, 0.2) is 12.4 Å². The van der Waals surface area contributed by atoms with Gasteiger partial charge in [-0.1, -0.05) is 89.0 Å². The minimum absolute atomic E-state index is 0.0446. The van der Waals surface area contributed by atoms with Gasteiger partial charge in [0.1, 0.15) is 12.3 Å². The molecule has 1 aromatic heterocycles. The van der Waals surface area contributed by atoms with E-state index in [0.29, 0.717) is 18.7 Å². The van der Waals surface area contributed by atoms with Gasteiger partial charge in [0.05, 0.1) is 13.2 Å². The number of aromatic nitrogens is 1. The highest BCUT2D eigenvalue weighted by Gasteiger charge is 2.19. The summed E-state index contributed by atoms with van der Waals surface area (Å²) in [5, 5.41) is 0. The van der Waals surface area contributed by atoms with E-state index in [2.05, 4.69) is 68.1 Å². The van der Waals surface area contributed by atoms with Gasteiger partial charge < -0.3 is 9.64 Å². The zero-order valence-electron chi connectivity index (χ0n) is 24.5. The Morgan fingerprint density at radius 1 is 0.795 bits per heavy atom. The van der Waals surface area contributed by atoms with Gasteiger partial charge in [0.2, 0.25) is 0 Å². The summed E-state index contributed by atoms with van der Waals surface area (Å²) in [5.74, 6) is 0.961. The van der Waals surface area contributed by atoms with Crippen molar-refractivity contribution >= 4 is 5.91 Å². The van der Waals surface area contributed by atoms with Crippen LogP contribution in [0.15, 0.2) is 73.1 Å². The molecule has 4 heteroatoms. The molecule has 0 radical (unpaired) electrons. The third-order valence-electron chi connectivity index (χ3n) is 7.41. The topological polar surface area (TPSA) is 33.4 Å². The monoisotopic (exact) mass is 529 g/mol. The van der Waals surface area contributed by atoms with Crippen LogP contribution in [-0.2, 0) is 19.6 Å². The molecule has 3 rings (SSSR count). The van der Waals surface area contributed by atoms with Crippen LogP contribution >= 0.6 is 0 Å². The molecule has 1 heterocycles. The molecule has 0 bridgehead atoms. The number of carbonyl (C=O) groups is 1. The molecule has 4 nitrogen and oxygen atoms in total. The fraction of sp³-hybridized carbons (Fsp3) is 0.486. The van der Waals surface area contributed by atoms with Crippen LogP contribution in [0.4, 0.5) is 0 Å². The summed E-state index contributed by atoms with van der Waals surface area (Å²) in [6.07, 6.45) is 17.4. The zero-order chi connectivity index (χ0) is 27.7. The molecule has 210 valence electrons. The van der Waals surface area contributed by atoms with Crippen LogP contribution in [0.2, 0.25) is 0 Å². The summed E-state index contributed by atoms with van der Waals surface area (Å²) >= 11 is 0. The van der Waals surface area contributed by atoms with Gasteiger partial charge in [-0.25, -0.2) is 4.57 Å². The normalized spacial score (nSPS) is 10.9. The molecule has 0 aliphatic rings. The van der Waals surface area contributed by atoms with Crippen LogP contribution in [0.5, 0.6) is 5.75 Å². The number of amides is 1. The summed E-state index contributed by atoms with van der Waals surface area (Å²) in [6.45, 7) is 9.29. The third kappa shape index (κ3) is 10.9. The number of ether oxygens (including phenoxy) is 1. The second-order valence-electron chi connectivity index (χ2n) is 10.7. The Kier molecular flexibility index (Phi) is 13.6. The summed E-state index contributed by atoms with van der Waals surface area (Å²) in [5.41, 5.74) is 4.13. The van der Waals surface area contributed by atoms with E-state index in [1.54, 1.807) is 0 Å². The Balaban J connectivity index is 1.52. The minimum atomic E-state index is 0.0446. The van der Waals surface area contributed by atoms with Gasteiger partial charge in [0.25, 0.3) is 5.91 Å². The van der Waals surface area contributed by atoms with Gasteiger partial charge in [-0.15, -0.1) is 0 Å². The predicted octanol–water partition coefficient (Wildman–Crippen LogP) is 8.44. The number of nitrogens with zero attached hydrogens (tertiary/aromatic N) is 2. The highest BCUT2D eigenvalue weighted by molar-refractivity contribution is 5.94. The van der Waals surface area contributed by atoms with Gasteiger partial charge in [0, 0.05) is 23.7 Å². The number of benzene rings is 2. The molecule has 0 spiro atoms. The molecular formula is C35H49N2O2+. The van der Waals surface area contributed by atoms with Crippen molar-refractivity contribution in [3.05, 3.63) is 95.3 Å². The van der Waals surface area contributed by atoms with Crippen molar-refractivity contribution in [2.24, 2.45) is 0 Å². The molecule has 39 heavy (non-hydrogen) atoms. The molecular weight excluding hydrogens is 480 g/mol.